The van der Waals surface area contributed by atoms with Crippen LogP contribution in [0.15, 0.2) is 34.9 Å². The summed E-state index contributed by atoms with van der Waals surface area (Å²) < 4.78 is 14.1. The van der Waals surface area contributed by atoms with Gasteiger partial charge < -0.3 is 15.2 Å². The average Bonchev–Trinajstić information content (AvgIpc) is 2.96. The summed E-state index contributed by atoms with van der Waals surface area (Å²) >= 11 is 4.49. The molecule has 1 heterocycles. The highest BCUT2D eigenvalue weighted by atomic mass is 79.9. The molecule has 2 N–H and O–H groups in total. The third-order valence-corrected chi connectivity index (χ3v) is 3.78. The minimum Gasteiger partial charge on any atom is -0.473 e. The number of aromatic nitrogens is 2. The summed E-state index contributed by atoms with van der Waals surface area (Å²) in [6, 6.07) is 8.26. The van der Waals surface area contributed by atoms with Gasteiger partial charge in [-0.2, -0.15) is 4.37 Å². The molecule has 2 aromatic rings. The van der Waals surface area contributed by atoms with Crippen molar-refractivity contribution < 1.29 is 9.84 Å². The van der Waals surface area contributed by atoms with Gasteiger partial charge >= 0.3 is 0 Å². The quantitative estimate of drug-likeness (QED) is 0.796. The molecule has 7 heteroatoms. The molecular weight excluding hydrogens is 342 g/mol. The van der Waals surface area contributed by atoms with Crippen molar-refractivity contribution in [1.82, 2.24) is 14.1 Å². The van der Waals surface area contributed by atoms with E-state index in [2.05, 4.69) is 36.9 Å². The van der Waals surface area contributed by atoms with Crippen LogP contribution in [0.5, 0.6) is 5.88 Å². The second-order valence-corrected chi connectivity index (χ2v) is 5.86. The van der Waals surface area contributed by atoms with Crippen LogP contribution < -0.4 is 10.1 Å². The molecule has 0 fully saturated rings. The van der Waals surface area contributed by atoms with E-state index < -0.39 is 6.10 Å². The fourth-order valence-corrected chi connectivity index (χ4v) is 2.27. The predicted molar refractivity (Wildman–Crippen MR) is 82.0 cm³/mol. The Morgan fingerprint density at radius 2 is 2.15 bits per heavy atom. The second-order valence-electron chi connectivity index (χ2n) is 4.39. The molecule has 1 aromatic heterocycles. The van der Waals surface area contributed by atoms with E-state index in [9.17, 15) is 5.11 Å². The summed E-state index contributed by atoms with van der Waals surface area (Å²) in [5, 5.41) is 13.1. The number of hydrogen-bond acceptors (Lipinski definition) is 6. The average molecular weight is 358 g/mol. The minimum atomic E-state index is -0.588. The number of ether oxygens (including phenoxy) is 1. The van der Waals surface area contributed by atoms with Gasteiger partial charge in [-0.25, -0.2) is 0 Å². The number of rotatable bonds is 7. The van der Waals surface area contributed by atoms with E-state index in [1.807, 2.05) is 24.3 Å². The van der Waals surface area contributed by atoms with Gasteiger partial charge in [-0.15, -0.1) is 4.37 Å². The molecule has 0 aliphatic carbocycles. The van der Waals surface area contributed by atoms with Crippen LogP contribution in [0.25, 0.3) is 0 Å². The topological polar surface area (TPSA) is 67.3 Å². The zero-order chi connectivity index (χ0) is 14.4. The molecule has 2 atom stereocenters. The highest BCUT2D eigenvalue weighted by molar-refractivity contribution is 9.10. The lowest BCUT2D eigenvalue weighted by Crippen LogP contribution is -2.33. The first-order valence-electron chi connectivity index (χ1n) is 6.22. The molecule has 0 aliphatic rings. The molecule has 2 rings (SSSR count). The van der Waals surface area contributed by atoms with Gasteiger partial charge in [0.15, 0.2) is 0 Å². The molecule has 0 bridgehead atoms. The lowest BCUT2D eigenvalue weighted by molar-refractivity contribution is 0.102. The van der Waals surface area contributed by atoms with Crippen LogP contribution in [0.4, 0.5) is 0 Å². The first-order valence-corrected chi connectivity index (χ1v) is 7.75. The highest BCUT2D eigenvalue weighted by Gasteiger charge is 2.10. The number of aliphatic hydroxyl groups is 1. The lowest BCUT2D eigenvalue weighted by Gasteiger charge is -2.17. The van der Waals surface area contributed by atoms with Crippen LogP contribution in [-0.2, 0) is 0 Å². The van der Waals surface area contributed by atoms with Gasteiger partial charge in [0.1, 0.15) is 18.9 Å². The molecule has 0 amide bonds. The highest BCUT2D eigenvalue weighted by Crippen LogP contribution is 2.16. The molecular formula is C13H16BrN3O2S. The van der Waals surface area contributed by atoms with Crippen molar-refractivity contribution in [2.24, 2.45) is 0 Å². The third-order valence-electron chi connectivity index (χ3n) is 2.79. The normalized spacial score (nSPS) is 13.9. The predicted octanol–water partition coefficient (Wildman–Crippen LogP) is 2.39. The second kappa shape index (κ2) is 7.68. The third kappa shape index (κ3) is 4.82. The fourth-order valence-electron chi connectivity index (χ4n) is 1.64. The monoisotopic (exact) mass is 357 g/mol. The Balaban J connectivity index is 1.72. The Kier molecular flexibility index (Phi) is 5.90. The molecule has 0 spiro atoms. The van der Waals surface area contributed by atoms with E-state index in [0.29, 0.717) is 12.4 Å². The van der Waals surface area contributed by atoms with Crippen LogP contribution in [-0.4, -0.2) is 33.1 Å². The molecule has 5 nitrogen and oxygen atoms in total. The summed E-state index contributed by atoms with van der Waals surface area (Å²) in [7, 11) is 0. The van der Waals surface area contributed by atoms with Gasteiger partial charge in [-0.3, -0.25) is 0 Å². The van der Waals surface area contributed by atoms with Crippen molar-refractivity contribution >= 4 is 27.7 Å². The largest absolute Gasteiger partial charge is 0.473 e. The summed E-state index contributed by atoms with van der Waals surface area (Å²) in [4.78, 5) is 0. The van der Waals surface area contributed by atoms with Gasteiger partial charge in [0.05, 0.1) is 11.7 Å². The van der Waals surface area contributed by atoms with E-state index in [4.69, 9.17) is 4.74 Å². The smallest absolute Gasteiger partial charge is 0.245 e. The number of hydrogen-bond donors (Lipinski definition) is 2. The van der Waals surface area contributed by atoms with Crippen LogP contribution in [0, 0.1) is 0 Å². The Hall–Kier alpha value is -1.02. The number of halogens is 1. The van der Waals surface area contributed by atoms with Crippen LogP contribution in [0.1, 0.15) is 18.5 Å². The summed E-state index contributed by atoms with van der Waals surface area (Å²) in [5.41, 5.74) is 1.17. The Morgan fingerprint density at radius 1 is 1.40 bits per heavy atom. The Bertz CT molecular complexity index is 507. The van der Waals surface area contributed by atoms with Gasteiger partial charge in [-0.1, -0.05) is 28.1 Å². The van der Waals surface area contributed by atoms with E-state index in [-0.39, 0.29) is 12.6 Å². The number of aliphatic hydroxyl groups excluding tert-OH is 1. The van der Waals surface area contributed by atoms with Gasteiger partial charge in [0.25, 0.3) is 0 Å². The number of benzene rings is 1. The number of nitrogens with one attached hydrogen (secondary N) is 1. The van der Waals surface area contributed by atoms with E-state index in [0.717, 1.165) is 16.2 Å². The van der Waals surface area contributed by atoms with E-state index in [1.165, 1.54) is 11.8 Å². The Labute approximate surface area is 130 Å². The molecule has 1 aromatic carbocycles. The standard InChI is InChI=1S/C13H16BrN3O2S/c1-9(10-2-4-11(14)5-3-10)15-6-12(18)8-19-13-7-16-20-17-13/h2-5,7,9,12,15,18H,6,8H2,1H3/t9-,12?/m1/s1. The first-order chi connectivity index (χ1) is 9.65. The maximum Gasteiger partial charge on any atom is 0.245 e. The zero-order valence-electron chi connectivity index (χ0n) is 11.0. The first kappa shape index (κ1) is 15.4. The molecule has 0 aliphatic heterocycles. The SMILES string of the molecule is C[C@@H](NCC(O)COc1cnsn1)c1ccc(Br)cc1. The minimum absolute atomic E-state index is 0.165. The molecule has 108 valence electrons. The number of nitrogens with zero attached hydrogens (tertiary/aromatic N) is 2. The van der Waals surface area contributed by atoms with Crippen LogP contribution in [0.3, 0.4) is 0 Å². The Morgan fingerprint density at radius 3 is 2.80 bits per heavy atom. The van der Waals surface area contributed by atoms with Crippen LogP contribution in [0.2, 0.25) is 0 Å². The molecule has 0 saturated heterocycles. The van der Waals surface area contributed by atoms with Crippen molar-refractivity contribution in [3.05, 3.63) is 40.5 Å². The maximum absolute atomic E-state index is 9.85. The van der Waals surface area contributed by atoms with E-state index >= 15 is 0 Å². The maximum atomic E-state index is 9.85. The fraction of sp³-hybridized carbons (Fsp3) is 0.385. The molecule has 1 unspecified atom stereocenters. The van der Waals surface area contributed by atoms with Crippen molar-refractivity contribution in [2.75, 3.05) is 13.2 Å². The van der Waals surface area contributed by atoms with E-state index in [1.54, 1.807) is 0 Å². The summed E-state index contributed by atoms with van der Waals surface area (Å²) in [5.74, 6) is 0.454. The van der Waals surface area contributed by atoms with Crippen molar-refractivity contribution in [3.8, 4) is 5.88 Å². The molecule has 0 saturated carbocycles. The van der Waals surface area contributed by atoms with Crippen molar-refractivity contribution in [3.63, 3.8) is 0 Å². The lowest BCUT2D eigenvalue weighted by atomic mass is 10.1. The van der Waals surface area contributed by atoms with Crippen molar-refractivity contribution in [2.45, 2.75) is 19.1 Å². The van der Waals surface area contributed by atoms with Crippen molar-refractivity contribution in [1.29, 1.82) is 0 Å². The summed E-state index contributed by atoms with van der Waals surface area (Å²) in [6.07, 6.45) is 0.949. The summed E-state index contributed by atoms with van der Waals surface area (Å²) in [6.45, 7) is 2.71. The zero-order valence-corrected chi connectivity index (χ0v) is 13.4. The van der Waals surface area contributed by atoms with Crippen LogP contribution >= 0.6 is 27.7 Å². The van der Waals surface area contributed by atoms with Gasteiger partial charge in [-0.05, 0) is 24.6 Å². The molecule has 20 heavy (non-hydrogen) atoms. The van der Waals surface area contributed by atoms with Gasteiger partial charge in [0, 0.05) is 17.1 Å². The molecule has 0 radical (unpaired) electrons. The van der Waals surface area contributed by atoms with Gasteiger partial charge in [0.2, 0.25) is 5.88 Å².